The van der Waals surface area contributed by atoms with Crippen LogP contribution in [0.5, 0.6) is 5.75 Å². The predicted octanol–water partition coefficient (Wildman–Crippen LogP) is 2.35. The zero-order chi connectivity index (χ0) is 22.5. The molecule has 0 spiro atoms. The van der Waals surface area contributed by atoms with Crippen molar-refractivity contribution in [3.63, 3.8) is 0 Å². The molecule has 6 heteroatoms. The van der Waals surface area contributed by atoms with Crippen LogP contribution in [-0.4, -0.2) is 55.0 Å². The third-order valence-corrected chi connectivity index (χ3v) is 6.00. The zero-order valence-electron chi connectivity index (χ0n) is 18.6. The lowest BCUT2D eigenvalue weighted by Crippen LogP contribution is -3.12. The number of nitrogens with zero attached hydrogens (tertiary/aromatic N) is 1. The van der Waals surface area contributed by atoms with Gasteiger partial charge in [0.1, 0.15) is 11.5 Å². The Kier molecular flexibility index (Phi) is 7.13. The van der Waals surface area contributed by atoms with E-state index in [0.29, 0.717) is 17.9 Å². The van der Waals surface area contributed by atoms with Crippen LogP contribution < -0.4 is 9.64 Å². The van der Waals surface area contributed by atoms with E-state index < -0.39 is 17.7 Å². The topological polar surface area (TPSA) is 71.3 Å². The summed E-state index contributed by atoms with van der Waals surface area (Å²) in [6.45, 7) is 9.21. The molecule has 164 valence electrons. The van der Waals surface area contributed by atoms with Crippen molar-refractivity contribution in [2.45, 2.75) is 26.8 Å². The number of aryl methyl sites for hydroxylation is 1. The van der Waals surface area contributed by atoms with Gasteiger partial charge in [0.15, 0.2) is 0 Å². The molecule has 2 N–H and O–H groups in total. The quantitative estimate of drug-likeness (QED) is 0.389. The summed E-state index contributed by atoms with van der Waals surface area (Å²) in [6.07, 6.45) is 0. The molecule has 1 amide bonds. The van der Waals surface area contributed by atoms with Crippen molar-refractivity contribution in [3.05, 3.63) is 70.8 Å². The Morgan fingerprint density at radius 3 is 2.19 bits per heavy atom. The molecule has 0 bridgehead atoms. The second-order valence-corrected chi connectivity index (χ2v) is 7.84. The maximum atomic E-state index is 13.0. The summed E-state index contributed by atoms with van der Waals surface area (Å²) in [6, 6.07) is 13.9. The molecule has 2 aromatic rings. The molecule has 0 unspecified atom stereocenters. The molecule has 0 aliphatic carbocycles. The summed E-state index contributed by atoms with van der Waals surface area (Å²) in [5.41, 5.74) is 2.47. The molecule has 1 heterocycles. The van der Waals surface area contributed by atoms with Gasteiger partial charge < -0.3 is 19.6 Å². The highest BCUT2D eigenvalue weighted by molar-refractivity contribution is 6.46. The molecule has 1 atom stereocenters. The number of ketones is 1. The average Bonchev–Trinajstić information content (AvgIpc) is 3.04. The normalized spacial score (nSPS) is 18.1. The maximum Gasteiger partial charge on any atom is 0.295 e. The van der Waals surface area contributed by atoms with Crippen molar-refractivity contribution in [1.82, 2.24) is 4.90 Å². The van der Waals surface area contributed by atoms with Crippen LogP contribution in [0, 0.1) is 6.92 Å². The van der Waals surface area contributed by atoms with E-state index >= 15 is 0 Å². The summed E-state index contributed by atoms with van der Waals surface area (Å²) in [5.74, 6) is -0.668. The van der Waals surface area contributed by atoms with Crippen LogP contribution >= 0.6 is 0 Å². The first-order valence-corrected chi connectivity index (χ1v) is 10.7. The van der Waals surface area contributed by atoms with Gasteiger partial charge in [-0.1, -0.05) is 42.0 Å². The largest absolute Gasteiger partial charge is 0.507 e. The molecule has 1 saturated heterocycles. The van der Waals surface area contributed by atoms with E-state index in [1.165, 1.54) is 4.90 Å². The van der Waals surface area contributed by atoms with Gasteiger partial charge in [-0.3, -0.25) is 9.59 Å². The number of Topliss-reactive ketones (excluding diaryl/α,β-unsaturated/α-hetero) is 1. The molecular weight excluding hydrogens is 392 g/mol. The van der Waals surface area contributed by atoms with Gasteiger partial charge in [0.05, 0.1) is 44.9 Å². The van der Waals surface area contributed by atoms with Crippen LogP contribution in [0.1, 0.15) is 36.6 Å². The molecule has 6 nitrogen and oxygen atoms in total. The van der Waals surface area contributed by atoms with E-state index in [2.05, 4.69) is 13.8 Å². The fourth-order valence-corrected chi connectivity index (χ4v) is 3.99. The minimum atomic E-state index is -0.645. The standard InChI is InChI=1S/C25H30N2O4/c1-5-26(6-2)15-16-27-22(18-11-13-20(31-4)14-12-18)21(24(29)25(27)30)23(28)19-9-7-17(3)8-10-19/h7-14,22,28H,5-6,15-16H2,1-4H3/p+1/t22-/m0/s1. The third-order valence-electron chi connectivity index (χ3n) is 6.00. The zero-order valence-corrected chi connectivity index (χ0v) is 18.6. The number of quaternary nitrogens is 1. The number of likely N-dealkylation sites (tertiary alicyclic amines) is 1. The first-order valence-electron chi connectivity index (χ1n) is 10.7. The monoisotopic (exact) mass is 423 g/mol. The summed E-state index contributed by atoms with van der Waals surface area (Å²) in [5, 5.41) is 11.1. The van der Waals surface area contributed by atoms with Crippen LogP contribution in [0.2, 0.25) is 0 Å². The van der Waals surface area contributed by atoms with Crippen molar-refractivity contribution in [2.24, 2.45) is 0 Å². The summed E-state index contributed by atoms with van der Waals surface area (Å²) in [7, 11) is 1.59. The Hall–Kier alpha value is -3.12. The second kappa shape index (κ2) is 9.79. The van der Waals surface area contributed by atoms with Gasteiger partial charge in [0, 0.05) is 5.56 Å². The molecule has 0 aromatic heterocycles. The Morgan fingerprint density at radius 2 is 1.65 bits per heavy atom. The number of ether oxygens (including phenoxy) is 1. The number of hydrogen-bond donors (Lipinski definition) is 2. The number of carbonyl (C=O) groups is 2. The lowest BCUT2D eigenvalue weighted by atomic mass is 9.95. The van der Waals surface area contributed by atoms with Gasteiger partial charge >= 0.3 is 0 Å². The minimum Gasteiger partial charge on any atom is -0.507 e. The number of methoxy groups -OCH3 is 1. The van der Waals surface area contributed by atoms with Gasteiger partial charge in [0.25, 0.3) is 11.7 Å². The van der Waals surface area contributed by atoms with E-state index in [4.69, 9.17) is 4.74 Å². The van der Waals surface area contributed by atoms with Crippen LogP contribution in [0.3, 0.4) is 0 Å². The molecule has 31 heavy (non-hydrogen) atoms. The Bertz CT molecular complexity index is 960. The number of amides is 1. The molecule has 0 saturated carbocycles. The van der Waals surface area contributed by atoms with Gasteiger partial charge in [0.2, 0.25) is 0 Å². The number of carbonyl (C=O) groups excluding carboxylic acids is 2. The van der Waals surface area contributed by atoms with Crippen LogP contribution in [0.4, 0.5) is 0 Å². The van der Waals surface area contributed by atoms with E-state index in [0.717, 1.165) is 30.8 Å². The van der Waals surface area contributed by atoms with Gasteiger partial charge in [-0.2, -0.15) is 0 Å². The number of rotatable bonds is 8. The molecule has 2 aromatic carbocycles. The molecule has 1 fully saturated rings. The number of hydrogen-bond acceptors (Lipinski definition) is 4. The molecular formula is C25H31N2O4+. The Morgan fingerprint density at radius 1 is 1.03 bits per heavy atom. The first kappa shape index (κ1) is 22.6. The summed E-state index contributed by atoms with van der Waals surface area (Å²) in [4.78, 5) is 29.0. The lowest BCUT2D eigenvalue weighted by Gasteiger charge is -2.27. The highest BCUT2D eigenvalue weighted by Gasteiger charge is 2.46. The predicted molar refractivity (Wildman–Crippen MR) is 120 cm³/mol. The lowest BCUT2D eigenvalue weighted by molar-refractivity contribution is -0.895. The Labute approximate surface area is 183 Å². The number of likely N-dealkylation sites (N-methyl/N-ethyl adjacent to an activating group) is 1. The first-order chi connectivity index (χ1) is 14.9. The van der Waals surface area contributed by atoms with Crippen molar-refractivity contribution in [1.29, 1.82) is 0 Å². The van der Waals surface area contributed by atoms with Crippen LogP contribution in [0.15, 0.2) is 54.1 Å². The van der Waals surface area contributed by atoms with E-state index in [1.807, 2.05) is 31.2 Å². The van der Waals surface area contributed by atoms with Gasteiger partial charge in [-0.15, -0.1) is 0 Å². The fourth-order valence-electron chi connectivity index (χ4n) is 3.99. The summed E-state index contributed by atoms with van der Waals surface area (Å²) >= 11 is 0. The molecule has 0 radical (unpaired) electrons. The van der Waals surface area contributed by atoms with Gasteiger partial charge in [-0.25, -0.2) is 0 Å². The van der Waals surface area contributed by atoms with E-state index in [-0.39, 0.29) is 11.3 Å². The van der Waals surface area contributed by atoms with Gasteiger partial charge in [-0.05, 0) is 38.5 Å². The highest BCUT2D eigenvalue weighted by Crippen LogP contribution is 2.39. The van der Waals surface area contributed by atoms with Crippen molar-refractivity contribution in [2.75, 3.05) is 33.3 Å². The van der Waals surface area contributed by atoms with Crippen molar-refractivity contribution >= 4 is 17.4 Å². The molecule has 1 aliphatic rings. The third kappa shape index (κ3) is 4.64. The maximum absolute atomic E-state index is 13.0. The molecule has 3 rings (SSSR count). The number of aliphatic hydroxyl groups excluding tert-OH is 1. The SMILES string of the molecule is CC[NH+](CC)CCN1C(=O)C(=O)C(=C(O)c2ccc(C)cc2)[C@@H]1c1ccc(OC)cc1. The van der Waals surface area contributed by atoms with Crippen LogP contribution in [0.25, 0.3) is 5.76 Å². The number of benzene rings is 2. The van der Waals surface area contributed by atoms with E-state index in [1.54, 1.807) is 36.3 Å². The summed E-state index contributed by atoms with van der Waals surface area (Å²) < 4.78 is 5.25. The Balaban J connectivity index is 2.08. The fraction of sp³-hybridized carbons (Fsp3) is 0.360. The van der Waals surface area contributed by atoms with E-state index in [9.17, 15) is 14.7 Å². The smallest absolute Gasteiger partial charge is 0.295 e. The average molecular weight is 424 g/mol. The number of nitrogens with one attached hydrogen (secondary N) is 1. The number of aliphatic hydroxyl groups is 1. The second-order valence-electron chi connectivity index (χ2n) is 7.84. The minimum absolute atomic E-state index is 0.133. The highest BCUT2D eigenvalue weighted by atomic mass is 16.5. The van der Waals surface area contributed by atoms with Crippen molar-refractivity contribution in [3.8, 4) is 5.75 Å². The van der Waals surface area contributed by atoms with Crippen molar-refractivity contribution < 1.29 is 24.3 Å². The molecule has 1 aliphatic heterocycles. The van der Waals surface area contributed by atoms with Crippen LogP contribution in [-0.2, 0) is 9.59 Å².